The van der Waals surface area contributed by atoms with Gasteiger partial charge in [0.25, 0.3) is 0 Å². The minimum atomic E-state index is -1.10. The number of urea groups is 1. The Labute approximate surface area is 89.6 Å². The molecule has 0 aliphatic rings. The average molecular weight is 227 g/mol. The van der Waals surface area contributed by atoms with Gasteiger partial charge in [0, 0.05) is 6.42 Å². The third-order valence-electron chi connectivity index (χ3n) is 1.51. The number of aromatic nitrogens is 1. The van der Waals surface area contributed by atoms with Gasteiger partial charge in [-0.2, -0.15) is 0 Å². The lowest BCUT2D eigenvalue weighted by Crippen LogP contribution is -2.34. The highest BCUT2D eigenvalue weighted by Crippen LogP contribution is 2.02. The third kappa shape index (κ3) is 4.22. The number of anilines is 1. The first kappa shape index (κ1) is 11.7. The number of hydrogen-bond acceptors (Lipinski definition) is 5. The minimum absolute atomic E-state index is 0.258. The molecular formula is C8H9N3O5. The van der Waals surface area contributed by atoms with Crippen LogP contribution in [0, 0.1) is 0 Å². The number of imide groups is 1. The monoisotopic (exact) mass is 227 g/mol. The molecule has 0 spiro atoms. The summed E-state index contributed by atoms with van der Waals surface area (Å²) in [6.07, 6.45) is 1.85. The Morgan fingerprint density at radius 2 is 2.12 bits per heavy atom. The molecule has 1 heterocycles. The first-order valence-electron chi connectivity index (χ1n) is 4.30. The standard InChI is InChI=1S/C8H9N3O5/c12-6(1-2-7(13)14)11-8(15)10-5-3-9-16-4-5/h3-4H,1-2H2,(H,13,14)(H2,10,11,12,15). The predicted octanol–water partition coefficient (Wildman–Crippen LogP) is 0.187. The lowest BCUT2D eigenvalue weighted by atomic mass is 10.3. The van der Waals surface area contributed by atoms with Crippen molar-refractivity contribution in [3.05, 3.63) is 12.5 Å². The average Bonchev–Trinajstić information content (AvgIpc) is 2.67. The molecule has 3 N–H and O–H groups in total. The van der Waals surface area contributed by atoms with Crippen LogP contribution in [-0.2, 0) is 9.59 Å². The predicted molar refractivity (Wildman–Crippen MR) is 50.5 cm³/mol. The van der Waals surface area contributed by atoms with Gasteiger partial charge in [0.15, 0.2) is 0 Å². The van der Waals surface area contributed by atoms with Crippen LogP contribution in [0.1, 0.15) is 12.8 Å². The summed E-state index contributed by atoms with van der Waals surface area (Å²) in [6, 6.07) is -0.765. The Balaban J connectivity index is 2.29. The van der Waals surface area contributed by atoms with Crippen molar-refractivity contribution in [2.45, 2.75) is 12.8 Å². The zero-order valence-corrected chi connectivity index (χ0v) is 8.10. The molecule has 0 unspecified atom stereocenters. The largest absolute Gasteiger partial charge is 0.481 e. The fourth-order valence-electron chi connectivity index (χ4n) is 0.839. The molecule has 3 amide bonds. The molecule has 0 aliphatic heterocycles. The van der Waals surface area contributed by atoms with Gasteiger partial charge in [0.1, 0.15) is 12.0 Å². The van der Waals surface area contributed by atoms with Crippen molar-refractivity contribution in [2.75, 3.05) is 5.32 Å². The zero-order chi connectivity index (χ0) is 12.0. The number of carboxylic acids is 1. The molecule has 0 aliphatic carbocycles. The second-order valence-electron chi connectivity index (χ2n) is 2.81. The van der Waals surface area contributed by atoms with Crippen molar-refractivity contribution in [2.24, 2.45) is 0 Å². The number of hydrogen-bond donors (Lipinski definition) is 3. The molecule has 0 saturated heterocycles. The number of aliphatic carboxylic acids is 1. The maximum atomic E-state index is 11.1. The molecule has 8 nitrogen and oxygen atoms in total. The summed E-state index contributed by atoms with van der Waals surface area (Å²) in [7, 11) is 0. The number of carboxylic acid groups (broad SMARTS) is 1. The second kappa shape index (κ2) is 5.49. The molecule has 1 aromatic heterocycles. The summed E-state index contributed by atoms with van der Waals surface area (Å²) in [5.41, 5.74) is 0.295. The zero-order valence-electron chi connectivity index (χ0n) is 8.10. The molecule has 0 aromatic carbocycles. The number of carbonyl (C=O) groups is 3. The molecule has 0 radical (unpaired) electrons. The van der Waals surface area contributed by atoms with Crippen molar-refractivity contribution in [3.8, 4) is 0 Å². The summed E-state index contributed by atoms with van der Waals surface area (Å²) in [4.78, 5) is 32.3. The van der Waals surface area contributed by atoms with Gasteiger partial charge in [-0.15, -0.1) is 0 Å². The van der Waals surface area contributed by atoms with Crippen molar-refractivity contribution in [1.82, 2.24) is 10.5 Å². The summed E-state index contributed by atoms with van der Waals surface area (Å²) in [5, 5.41) is 15.9. The van der Waals surface area contributed by atoms with Crippen LogP contribution < -0.4 is 10.6 Å². The SMILES string of the molecule is O=C(O)CCC(=O)NC(=O)Nc1cnoc1. The van der Waals surface area contributed by atoms with Gasteiger partial charge in [0.05, 0.1) is 12.6 Å². The van der Waals surface area contributed by atoms with E-state index in [1.807, 2.05) is 5.32 Å². The van der Waals surface area contributed by atoms with E-state index < -0.39 is 17.9 Å². The van der Waals surface area contributed by atoms with Gasteiger partial charge in [-0.1, -0.05) is 5.16 Å². The topological polar surface area (TPSA) is 122 Å². The van der Waals surface area contributed by atoms with Gasteiger partial charge in [0.2, 0.25) is 5.91 Å². The van der Waals surface area contributed by atoms with Crippen LogP contribution in [0.15, 0.2) is 17.0 Å². The maximum absolute atomic E-state index is 11.1. The van der Waals surface area contributed by atoms with Crippen LogP contribution in [-0.4, -0.2) is 28.2 Å². The first-order chi connectivity index (χ1) is 7.58. The van der Waals surface area contributed by atoms with Crippen LogP contribution in [0.5, 0.6) is 0 Å². The van der Waals surface area contributed by atoms with E-state index >= 15 is 0 Å². The van der Waals surface area contributed by atoms with Crippen LogP contribution >= 0.6 is 0 Å². The van der Waals surface area contributed by atoms with Crippen molar-refractivity contribution >= 4 is 23.6 Å². The van der Waals surface area contributed by atoms with Gasteiger partial charge < -0.3 is 14.9 Å². The first-order valence-corrected chi connectivity index (χ1v) is 4.30. The number of nitrogens with one attached hydrogen (secondary N) is 2. The highest BCUT2D eigenvalue weighted by Gasteiger charge is 2.10. The van der Waals surface area contributed by atoms with E-state index in [1.165, 1.54) is 12.5 Å². The van der Waals surface area contributed by atoms with Crippen molar-refractivity contribution in [3.63, 3.8) is 0 Å². The van der Waals surface area contributed by atoms with E-state index in [9.17, 15) is 14.4 Å². The van der Waals surface area contributed by atoms with E-state index in [2.05, 4.69) is 15.0 Å². The molecule has 86 valence electrons. The molecule has 0 saturated carbocycles. The van der Waals surface area contributed by atoms with Crippen molar-refractivity contribution < 1.29 is 24.0 Å². The Morgan fingerprint density at radius 3 is 2.69 bits per heavy atom. The smallest absolute Gasteiger partial charge is 0.326 e. The van der Waals surface area contributed by atoms with Crippen molar-refractivity contribution in [1.29, 1.82) is 0 Å². The highest BCUT2D eigenvalue weighted by molar-refractivity contribution is 6.01. The van der Waals surface area contributed by atoms with Gasteiger partial charge in [-0.05, 0) is 0 Å². The number of carbonyl (C=O) groups excluding carboxylic acids is 2. The normalized spacial score (nSPS) is 9.50. The Bertz CT molecular complexity index is 386. The van der Waals surface area contributed by atoms with Crippen LogP contribution in [0.2, 0.25) is 0 Å². The summed E-state index contributed by atoms with van der Waals surface area (Å²) in [5.74, 6) is -1.77. The van der Waals surface area contributed by atoms with Crippen LogP contribution in [0.25, 0.3) is 0 Å². The molecule has 8 heteroatoms. The van der Waals surface area contributed by atoms with Gasteiger partial charge in [-0.3, -0.25) is 14.9 Å². The van der Waals surface area contributed by atoms with E-state index in [1.54, 1.807) is 0 Å². The molecular weight excluding hydrogens is 218 g/mol. The number of rotatable bonds is 4. The second-order valence-corrected chi connectivity index (χ2v) is 2.81. The summed E-state index contributed by atoms with van der Waals surface area (Å²) in [6.45, 7) is 0. The third-order valence-corrected chi connectivity index (χ3v) is 1.51. The van der Waals surface area contributed by atoms with Crippen LogP contribution in [0.4, 0.5) is 10.5 Å². The molecule has 16 heavy (non-hydrogen) atoms. The molecule has 0 atom stereocenters. The van der Waals surface area contributed by atoms with Gasteiger partial charge >= 0.3 is 12.0 Å². The number of nitrogens with zero attached hydrogens (tertiary/aromatic N) is 1. The fraction of sp³-hybridized carbons (Fsp3) is 0.250. The highest BCUT2D eigenvalue weighted by atomic mass is 16.5. The van der Waals surface area contributed by atoms with E-state index in [-0.39, 0.29) is 12.8 Å². The minimum Gasteiger partial charge on any atom is -0.481 e. The Kier molecular flexibility index (Phi) is 4.01. The van der Waals surface area contributed by atoms with Gasteiger partial charge in [-0.25, -0.2) is 4.79 Å². The van der Waals surface area contributed by atoms with E-state index in [4.69, 9.17) is 5.11 Å². The van der Waals surface area contributed by atoms with Crippen LogP contribution in [0.3, 0.4) is 0 Å². The Hall–Kier alpha value is -2.38. The molecule has 1 aromatic rings. The Morgan fingerprint density at radius 1 is 1.38 bits per heavy atom. The molecule has 0 bridgehead atoms. The number of amides is 3. The van der Waals surface area contributed by atoms with E-state index in [0.717, 1.165) is 0 Å². The summed E-state index contributed by atoms with van der Waals surface area (Å²) >= 11 is 0. The lowest BCUT2D eigenvalue weighted by molar-refractivity contribution is -0.138. The maximum Gasteiger partial charge on any atom is 0.326 e. The molecule has 1 rings (SSSR count). The summed E-state index contributed by atoms with van der Waals surface area (Å²) < 4.78 is 4.44. The quantitative estimate of drug-likeness (QED) is 0.674. The fourth-order valence-corrected chi connectivity index (χ4v) is 0.839. The lowest BCUT2D eigenvalue weighted by Gasteiger charge is -2.02. The molecule has 0 fully saturated rings. The van der Waals surface area contributed by atoms with E-state index in [0.29, 0.717) is 5.69 Å².